The number of rotatable bonds is 8. The molecule has 0 bridgehead atoms. The third kappa shape index (κ3) is 4.95. The average Bonchev–Trinajstić information content (AvgIpc) is 2.75. The zero-order chi connectivity index (χ0) is 23.5. The first-order chi connectivity index (χ1) is 15.2. The quantitative estimate of drug-likeness (QED) is 0.470. The standard InChI is InChI=1S/C23H25BrN2O5S/c1-4-19(16-8-6-5-7-9-16)26-20(14-31-15(2)3)25-22(27)21(23(26)28)32(29,30)18-12-10-17(24)11-13-18/h5-13,15,19,27H,4,14H2,1-3H3. The fraction of sp³-hybridized carbons (Fsp3) is 0.304. The second kappa shape index (κ2) is 9.97. The molecular weight excluding hydrogens is 496 g/mol. The van der Waals surface area contributed by atoms with Crippen LogP contribution in [0.25, 0.3) is 0 Å². The van der Waals surface area contributed by atoms with Gasteiger partial charge in [-0.1, -0.05) is 53.2 Å². The Bertz CT molecular complexity index is 1240. The first-order valence-corrected chi connectivity index (χ1v) is 12.5. The SMILES string of the molecule is CCC(c1ccccc1)n1c(COC(C)C)nc(O)c(S(=O)(=O)c2ccc(Br)cc2)c1=O. The van der Waals surface area contributed by atoms with Crippen molar-refractivity contribution in [2.24, 2.45) is 0 Å². The normalized spacial score (nSPS) is 12.8. The van der Waals surface area contributed by atoms with Crippen LogP contribution in [0, 0.1) is 0 Å². The Morgan fingerprint density at radius 2 is 1.72 bits per heavy atom. The van der Waals surface area contributed by atoms with Gasteiger partial charge in [0.25, 0.3) is 5.56 Å². The van der Waals surface area contributed by atoms with Crippen molar-refractivity contribution in [3.63, 3.8) is 0 Å². The summed E-state index contributed by atoms with van der Waals surface area (Å²) in [6, 6.07) is 14.6. The molecule has 0 spiro atoms. The lowest BCUT2D eigenvalue weighted by molar-refractivity contribution is 0.0573. The molecule has 1 heterocycles. The minimum atomic E-state index is -4.32. The summed E-state index contributed by atoms with van der Waals surface area (Å²) in [7, 11) is -4.32. The van der Waals surface area contributed by atoms with E-state index < -0.39 is 32.2 Å². The van der Waals surface area contributed by atoms with Crippen molar-refractivity contribution >= 4 is 25.8 Å². The Labute approximate surface area is 195 Å². The molecule has 1 aromatic heterocycles. The summed E-state index contributed by atoms with van der Waals surface area (Å²) in [4.78, 5) is 16.9. The molecule has 1 unspecified atom stereocenters. The maximum atomic E-state index is 13.6. The van der Waals surface area contributed by atoms with Crippen LogP contribution in [-0.4, -0.2) is 29.2 Å². The van der Waals surface area contributed by atoms with Gasteiger partial charge in [-0.15, -0.1) is 0 Å². The molecular formula is C23H25BrN2O5S. The molecule has 3 aromatic rings. The van der Waals surface area contributed by atoms with Gasteiger partial charge in [0, 0.05) is 4.47 Å². The van der Waals surface area contributed by atoms with Crippen LogP contribution in [0.4, 0.5) is 0 Å². The van der Waals surface area contributed by atoms with Gasteiger partial charge in [0.05, 0.1) is 17.0 Å². The Morgan fingerprint density at radius 3 is 2.28 bits per heavy atom. The van der Waals surface area contributed by atoms with Crippen LogP contribution >= 0.6 is 15.9 Å². The molecule has 0 saturated carbocycles. The summed E-state index contributed by atoms with van der Waals surface area (Å²) < 4.78 is 34.3. The summed E-state index contributed by atoms with van der Waals surface area (Å²) in [5.41, 5.74) is -0.0131. The van der Waals surface area contributed by atoms with E-state index in [4.69, 9.17) is 4.74 Å². The highest BCUT2D eigenvalue weighted by Crippen LogP contribution is 2.29. The molecule has 0 fully saturated rings. The van der Waals surface area contributed by atoms with Crippen molar-refractivity contribution in [3.05, 3.63) is 80.8 Å². The molecule has 0 aliphatic heterocycles. The Hall–Kier alpha value is -2.49. The smallest absolute Gasteiger partial charge is 0.277 e. The van der Waals surface area contributed by atoms with Gasteiger partial charge in [-0.3, -0.25) is 9.36 Å². The molecule has 1 N–H and O–H groups in total. The van der Waals surface area contributed by atoms with Gasteiger partial charge < -0.3 is 9.84 Å². The highest BCUT2D eigenvalue weighted by atomic mass is 79.9. The maximum Gasteiger partial charge on any atom is 0.277 e. The molecule has 32 heavy (non-hydrogen) atoms. The minimum Gasteiger partial charge on any atom is -0.492 e. The number of halogens is 1. The van der Waals surface area contributed by atoms with E-state index in [1.54, 1.807) is 12.1 Å². The Kier molecular flexibility index (Phi) is 7.53. The number of aromatic hydroxyl groups is 1. The van der Waals surface area contributed by atoms with Gasteiger partial charge in [0.1, 0.15) is 12.4 Å². The van der Waals surface area contributed by atoms with Crippen molar-refractivity contribution in [1.29, 1.82) is 0 Å². The molecule has 3 rings (SSSR count). The Morgan fingerprint density at radius 1 is 1.09 bits per heavy atom. The van der Waals surface area contributed by atoms with Crippen LogP contribution in [0.1, 0.15) is 44.6 Å². The second-order valence-electron chi connectivity index (χ2n) is 7.51. The number of ether oxygens (including phenoxy) is 1. The number of hydrogen-bond acceptors (Lipinski definition) is 6. The van der Waals surface area contributed by atoms with Crippen LogP contribution in [0.2, 0.25) is 0 Å². The van der Waals surface area contributed by atoms with Crippen molar-refractivity contribution in [2.45, 2.75) is 55.7 Å². The lowest BCUT2D eigenvalue weighted by Gasteiger charge is -2.23. The summed E-state index contributed by atoms with van der Waals surface area (Å²) in [5, 5.41) is 10.6. The Balaban J connectivity index is 2.28. The number of benzene rings is 2. The first-order valence-electron chi connectivity index (χ1n) is 10.2. The highest BCUT2D eigenvalue weighted by molar-refractivity contribution is 9.10. The van der Waals surface area contributed by atoms with Gasteiger partial charge in [0.2, 0.25) is 15.7 Å². The minimum absolute atomic E-state index is 0.0532. The zero-order valence-corrected chi connectivity index (χ0v) is 20.4. The van der Waals surface area contributed by atoms with E-state index in [0.29, 0.717) is 10.9 Å². The summed E-state index contributed by atoms with van der Waals surface area (Å²) in [6.45, 7) is 5.52. The fourth-order valence-corrected chi connectivity index (χ4v) is 5.03. The number of sulfone groups is 1. The number of nitrogens with zero attached hydrogens (tertiary/aromatic N) is 2. The third-order valence-corrected chi connectivity index (χ3v) is 7.27. The number of hydrogen-bond donors (Lipinski definition) is 1. The van der Waals surface area contributed by atoms with Crippen LogP contribution in [0.5, 0.6) is 5.88 Å². The van der Waals surface area contributed by atoms with Crippen LogP contribution < -0.4 is 5.56 Å². The number of aromatic nitrogens is 2. The predicted molar refractivity (Wildman–Crippen MR) is 125 cm³/mol. The van der Waals surface area contributed by atoms with E-state index in [9.17, 15) is 18.3 Å². The molecule has 0 saturated heterocycles. The van der Waals surface area contributed by atoms with Crippen LogP contribution in [-0.2, 0) is 21.2 Å². The molecule has 0 amide bonds. The van der Waals surface area contributed by atoms with E-state index in [2.05, 4.69) is 20.9 Å². The maximum absolute atomic E-state index is 13.6. The van der Waals surface area contributed by atoms with Crippen molar-refractivity contribution in [2.75, 3.05) is 0 Å². The monoisotopic (exact) mass is 520 g/mol. The van der Waals surface area contributed by atoms with Crippen LogP contribution in [0.3, 0.4) is 0 Å². The topological polar surface area (TPSA) is 98.5 Å². The largest absolute Gasteiger partial charge is 0.492 e. The molecule has 0 aliphatic carbocycles. The van der Waals surface area contributed by atoms with E-state index in [1.807, 2.05) is 51.1 Å². The second-order valence-corrected chi connectivity index (χ2v) is 10.3. The van der Waals surface area contributed by atoms with E-state index >= 15 is 0 Å². The molecule has 9 heteroatoms. The van der Waals surface area contributed by atoms with Gasteiger partial charge in [-0.05, 0) is 50.1 Å². The first kappa shape index (κ1) is 24.2. The summed E-state index contributed by atoms with van der Waals surface area (Å²) >= 11 is 3.27. The predicted octanol–water partition coefficient (Wildman–Crippen LogP) is 4.47. The molecule has 0 radical (unpaired) electrons. The average molecular weight is 521 g/mol. The van der Waals surface area contributed by atoms with Gasteiger partial charge in [-0.25, -0.2) is 8.42 Å². The third-order valence-electron chi connectivity index (χ3n) is 4.95. The van der Waals surface area contributed by atoms with Gasteiger partial charge >= 0.3 is 0 Å². The molecule has 170 valence electrons. The van der Waals surface area contributed by atoms with Crippen molar-refractivity contribution in [1.82, 2.24) is 9.55 Å². The van der Waals surface area contributed by atoms with E-state index in [1.165, 1.54) is 16.7 Å². The molecule has 0 aliphatic rings. The van der Waals surface area contributed by atoms with E-state index in [0.717, 1.165) is 5.56 Å². The summed E-state index contributed by atoms with van der Waals surface area (Å²) in [6.07, 6.45) is 0.355. The lowest BCUT2D eigenvalue weighted by Crippen LogP contribution is -2.34. The lowest BCUT2D eigenvalue weighted by atomic mass is 10.0. The van der Waals surface area contributed by atoms with Crippen molar-refractivity contribution in [3.8, 4) is 5.88 Å². The van der Waals surface area contributed by atoms with Gasteiger partial charge in [0.15, 0.2) is 4.90 Å². The zero-order valence-electron chi connectivity index (χ0n) is 18.0. The highest BCUT2D eigenvalue weighted by Gasteiger charge is 2.31. The molecule has 2 aromatic carbocycles. The van der Waals surface area contributed by atoms with Gasteiger partial charge in [-0.2, -0.15) is 4.98 Å². The van der Waals surface area contributed by atoms with Crippen LogP contribution in [0.15, 0.2) is 73.7 Å². The fourth-order valence-electron chi connectivity index (χ4n) is 3.42. The van der Waals surface area contributed by atoms with E-state index in [-0.39, 0.29) is 23.4 Å². The molecule has 7 nitrogen and oxygen atoms in total. The summed E-state index contributed by atoms with van der Waals surface area (Å²) in [5.74, 6) is -0.675. The molecule has 1 atom stereocenters. The van der Waals surface area contributed by atoms with Crippen molar-refractivity contribution < 1.29 is 18.3 Å².